The maximum absolute atomic E-state index is 3.23. The zero-order valence-electron chi connectivity index (χ0n) is 4.62. The summed E-state index contributed by atoms with van der Waals surface area (Å²) in [6.07, 6.45) is 1.40. The molecule has 0 aromatic rings. The third-order valence-electron chi connectivity index (χ3n) is 0.780. The molecule has 0 aliphatic carbocycles. The van der Waals surface area contributed by atoms with Gasteiger partial charge in [0, 0.05) is 10.2 Å². The molecule has 1 N–H and O–H groups in total. The largest absolute Gasteiger partial charge is 0.345 e. The van der Waals surface area contributed by atoms with Gasteiger partial charge in [-0.15, -0.1) is 0 Å². The van der Waals surface area contributed by atoms with Crippen LogP contribution in [0.4, 0.5) is 0 Å². The van der Waals surface area contributed by atoms with E-state index in [1.54, 1.807) is 0 Å². The molecule has 0 fully saturated rings. The number of hydrogen-bond donors (Lipinski definition) is 1. The Bertz CT molecular complexity index is 20.8. The Morgan fingerprint density at radius 3 is 2.33 bits per heavy atom. The fourth-order valence-electron chi connectivity index (χ4n) is 0.354. The zero-order chi connectivity index (χ0) is 4.83. The van der Waals surface area contributed by atoms with Gasteiger partial charge in [-0.05, 0) is 13.0 Å². The summed E-state index contributed by atoms with van der Waals surface area (Å²) >= 11 is 0. The Morgan fingerprint density at radius 1 is 1.50 bits per heavy atom. The van der Waals surface area contributed by atoms with Gasteiger partial charge >= 0.3 is 0 Å². The third kappa shape index (κ3) is 4.39. The summed E-state index contributed by atoms with van der Waals surface area (Å²) in [7, 11) is 2.55. The highest BCUT2D eigenvalue weighted by Crippen LogP contribution is 1.76. The molecule has 0 aromatic heterocycles. The molecule has 3 heteroatoms. The maximum atomic E-state index is 3.23. The minimum Gasteiger partial charge on any atom is -0.345 e. The van der Waals surface area contributed by atoms with Crippen molar-refractivity contribution in [3.05, 3.63) is 0 Å². The summed E-state index contributed by atoms with van der Waals surface area (Å²) in [5, 5.41) is 0. The second kappa shape index (κ2) is 5.39. The Balaban J connectivity index is 2.34. The van der Waals surface area contributed by atoms with Crippen LogP contribution in [0.1, 0.15) is 6.42 Å². The van der Waals surface area contributed by atoms with Crippen molar-refractivity contribution in [2.75, 3.05) is 6.54 Å². The van der Waals surface area contributed by atoms with Crippen LogP contribution in [0.5, 0.6) is 0 Å². The molecule has 0 heterocycles. The van der Waals surface area contributed by atoms with Gasteiger partial charge < -0.3 is 4.98 Å². The molecule has 0 radical (unpaired) electrons. The number of nitrogens with one attached hydrogen (secondary N) is 1. The summed E-state index contributed by atoms with van der Waals surface area (Å²) < 4.78 is 0. The molecule has 0 aromatic carbocycles. The van der Waals surface area contributed by atoms with Crippen molar-refractivity contribution in [3.8, 4) is 0 Å². The number of rotatable bonds is 3. The molecule has 0 amide bonds. The molecule has 0 unspecified atom stereocenters. The van der Waals surface area contributed by atoms with Crippen LogP contribution in [0.15, 0.2) is 0 Å². The van der Waals surface area contributed by atoms with Crippen molar-refractivity contribution in [1.82, 2.24) is 4.98 Å². The highest BCUT2D eigenvalue weighted by molar-refractivity contribution is 6.08. The van der Waals surface area contributed by atoms with E-state index < -0.39 is 0 Å². The lowest BCUT2D eigenvalue weighted by Gasteiger charge is -1.89. The van der Waals surface area contributed by atoms with Crippen molar-refractivity contribution in [2.45, 2.75) is 12.5 Å². The summed E-state index contributed by atoms with van der Waals surface area (Å²) in [6, 6.07) is 1.45. The summed E-state index contributed by atoms with van der Waals surface area (Å²) in [5.74, 6) is 0. The molecule has 0 saturated heterocycles. The van der Waals surface area contributed by atoms with Crippen LogP contribution < -0.4 is 4.98 Å². The van der Waals surface area contributed by atoms with Gasteiger partial charge in [0.1, 0.15) is 0 Å². The smallest absolute Gasteiger partial charge is 0.0749 e. The lowest BCUT2D eigenvalue weighted by molar-refractivity contribution is 0.867. The van der Waals surface area contributed by atoms with Gasteiger partial charge in [0.2, 0.25) is 0 Å². The second-order valence-corrected chi connectivity index (χ2v) is 3.16. The van der Waals surface area contributed by atoms with Crippen molar-refractivity contribution in [1.29, 1.82) is 0 Å². The quantitative estimate of drug-likeness (QED) is 0.336. The first kappa shape index (κ1) is 6.39. The van der Waals surface area contributed by atoms with E-state index in [2.05, 4.69) is 4.98 Å². The molecule has 0 aliphatic heterocycles. The molecule has 0 bridgehead atoms. The molecule has 38 valence electrons. The SMILES string of the molecule is [SiH3]CCCN[SiH3]. The normalized spacial score (nSPS) is 10.0. The fraction of sp³-hybridized carbons (Fsp3) is 1.00. The van der Waals surface area contributed by atoms with E-state index in [-0.39, 0.29) is 0 Å². The minimum absolute atomic E-state index is 1.17. The average molecular weight is 119 g/mol. The van der Waals surface area contributed by atoms with Crippen LogP contribution >= 0.6 is 0 Å². The molecule has 6 heavy (non-hydrogen) atoms. The first-order valence-corrected chi connectivity index (χ1v) is 4.97. The van der Waals surface area contributed by atoms with Crippen molar-refractivity contribution in [3.63, 3.8) is 0 Å². The van der Waals surface area contributed by atoms with Gasteiger partial charge in [0.15, 0.2) is 0 Å². The topological polar surface area (TPSA) is 12.0 Å². The zero-order valence-corrected chi connectivity index (χ0v) is 8.62. The van der Waals surface area contributed by atoms with E-state index >= 15 is 0 Å². The van der Waals surface area contributed by atoms with E-state index in [9.17, 15) is 0 Å². The molecule has 0 saturated carbocycles. The first-order valence-electron chi connectivity index (χ1n) is 2.56. The van der Waals surface area contributed by atoms with Crippen LogP contribution in [0.25, 0.3) is 0 Å². The Labute approximate surface area is 45.4 Å². The molecule has 0 aliphatic rings. The summed E-state index contributed by atoms with van der Waals surface area (Å²) in [5.41, 5.74) is 0. The molecule has 1 nitrogen and oxygen atoms in total. The van der Waals surface area contributed by atoms with Gasteiger partial charge in [-0.3, -0.25) is 0 Å². The lowest BCUT2D eigenvalue weighted by atomic mass is 10.5. The third-order valence-corrected chi connectivity index (χ3v) is 1.99. The molecular weight excluding hydrogens is 106 g/mol. The minimum atomic E-state index is 1.17. The fourth-order valence-corrected chi connectivity index (χ4v) is 1.06. The van der Waals surface area contributed by atoms with Crippen LogP contribution in [0.3, 0.4) is 0 Å². The van der Waals surface area contributed by atoms with Crippen LogP contribution in [0.2, 0.25) is 6.04 Å². The van der Waals surface area contributed by atoms with Crippen molar-refractivity contribution < 1.29 is 0 Å². The monoisotopic (exact) mass is 119 g/mol. The maximum Gasteiger partial charge on any atom is 0.0749 e. The molecule has 0 rings (SSSR count). The van der Waals surface area contributed by atoms with Gasteiger partial charge in [-0.1, -0.05) is 6.04 Å². The predicted molar refractivity (Wildman–Crippen MR) is 37.3 cm³/mol. The van der Waals surface area contributed by atoms with Gasteiger partial charge in [-0.2, -0.15) is 0 Å². The summed E-state index contributed by atoms with van der Waals surface area (Å²) in [6.45, 7) is 1.26. The van der Waals surface area contributed by atoms with Crippen molar-refractivity contribution in [2.24, 2.45) is 0 Å². The van der Waals surface area contributed by atoms with Crippen LogP contribution in [-0.2, 0) is 0 Å². The Kier molecular flexibility index (Phi) is 5.75. The van der Waals surface area contributed by atoms with Gasteiger partial charge in [0.05, 0.1) is 10.4 Å². The van der Waals surface area contributed by atoms with E-state index in [1.807, 2.05) is 0 Å². The average Bonchev–Trinajstić information content (AvgIpc) is 1.61. The standard InChI is InChI=1S/C3H13NSi2/c5-3-1-2-4-6/h4H,1-3H2,5-6H3. The van der Waals surface area contributed by atoms with E-state index in [0.717, 1.165) is 0 Å². The van der Waals surface area contributed by atoms with Crippen molar-refractivity contribution >= 4 is 20.6 Å². The molecule has 0 atom stereocenters. The highest BCUT2D eigenvalue weighted by Gasteiger charge is 1.73. The van der Waals surface area contributed by atoms with Crippen LogP contribution in [-0.4, -0.2) is 27.2 Å². The number of hydrogen-bond acceptors (Lipinski definition) is 1. The van der Waals surface area contributed by atoms with Crippen LogP contribution in [0, 0.1) is 0 Å². The summed E-state index contributed by atoms with van der Waals surface area (Å²) in [4.78, 5) is 3.23. The lowest BCUT2D eigenvalue weighted by Crippen LogP contribution is -2.08. The molecular formula is C3H13NSi2. The highest BCUT2D eigenvalue weighted by atomic mass is 28.2. The second-order valence-electron chi connectivity index (χ2n) is 1.46. The Hall–Kier alpha value is 0.394. The van der Waals surface area contributed by atoms with Gasteiger partial charge in [0.25, 0.3) is 0 Å². The van der Waals surface area contributed by atoms with E-state index in [4.69, 9.17) is 0 Å². The Morgan fingerprint density at radius 2 is 2.17 bits per heavy atom. The predicted octanol–water partition coefficient (Wildman–Crippen LogP) is -1.97. The van der Waals surface area contributed by atoms with E-state index in [1.165, 1.54) is 39.7 Å². The van der Waals surface area contributed by atoms with E-state index in [0.29, 0.717) is 0 Å². The molecule has 0 spiro atoms. The first-order chi connectivity index (χ1) is 2.91. The van der Waals surface area contributed by atoms with Gasteiger partial charge in [-0.25, -0.2) is 0 Å².